The number of carbonyl (C=O) groups is 1. The van der Waals surface area contributed by atoms with E-state index in [1.165, 1.54) is 6.33 Å². The highest BCUT2D eigenvalue weighted by molar-refractivity contribution is 5.93. The normalized spacial score (nSPS) is 17.9. The number of nitrogens with one attached hydrogen (secondary N) is 1. The molecule has 1 fully saturated rings. The number of aryl methyl sites for hydroxylation is 2. The van der Waals surface area contributed by atoms with Gasteiger partial charge in [0.2, 0.25) is 0 Å². The Kier molecular flexibility index (Phi) is 3.66. The molecule has 1 unspecified atom stereocenters. The molecule has 1 aliphatic rings. The number of aromatic nitrogens is 4. The van der Waals surface area contributed by atoms with Crippen molar-refractivity contribution >= 4 is 11.7 Å². The molecule has 1 N–H and O–H groups in total. The molecule has 0 aliphatic carbocycles. The smallest absolute Gasteiger partial charge is 0.254 e. The standard InChI is InChI=1S/C14H17N5O2/c1-9-6-10(2)19(18-9)13-7-12(15-8-16-13)17-14(20)11-4-3-5-21-11/h6-8,11H,3-5H2,1-2H3,(H,15,16,17,20). The molecule has 110 valence electrons. The molecule has 1 atom stereocenters. The molecular formula is C14H17N5O2. The van der Waals surface area contributed by atoms with Crippen LogP contribution in [0.4, 0.5) is 5.82 Å². The zero-order chi connectivity index (χ0) is 14.8. The lowest BCUT2D eigenvalue weighted by atomic mass is 10.2. The van der Waals surface area contributed by atoms with Crippen LogP contribution < -0.4 is 5.32 Å². The second-order valence-electron chi connectivity index (χ2n) is 5.09. The maximum absolute atomic E-state index is 12.0. The summed E-state index contributed by atoms with van der Waals surface area (Å²) < 4.78 is 7.07. The van der Waals surface area contributed by atoms with Crippen molar-refractivity contribution < 1.29 is 9.53 Å². The second kappa shape index (κ2) is 5.61. The van der Waals surface area contributed by atoms with E-state index in [0.717, 1.165) is 24.2 Å². The van der Waals surface area contributed by atoms with E-state index in [4.69, 9.17) is 4.74 Å². The molecule has 2 aromatic heterocycles. The molecule has 0 radical (unpaired) electrons. The van der Waals surface area contributed by atoms with Crippen LogP contribution in [-0.2, 0) is 9.53 Å². The highest BCUT2D eigenvalue weighted by Gasteiger charge is 2.24. The van der Waals surface area contributed by atoms with E-state index in [1.807, 2.05) is 19.9 Å². The average Bonchev–Trinajstić information content (AvgIpc) is 3.08. The highest BCUT2D eigenvalue weighted by atomic mass is 16.5. The van der Waals surface area contributed by atoms with Crippen LogP contribution in [-0.4, -0.2) is 38.4 Å². The SMILES string of the molecule is Cc1cc(C)n(-c2cc(NC(=O)C3CCCO3)ncn2)n1. The molecule has 0 bridgehead atoms. The minimum atomic E-state index is -0.378. The van der Waals surface area contributed by atoms with Crippen molar-refractivity contribution in [1.82, 2.24) is 19.7 Å². The fourth-order valence-electron chi connectivity index (χ4n) is 2.38. The Morgan fingerprint density at radius 2 is 2.24 bits per heavy atom. The van der Waals surface area contributed by atoms with Gasteiger partial charge in [-0.1, -0.05) is 0 Å². The molecule has 3 rings (SSSR count). The monoisotopic (exact) mass is 287 g/mol. The first-order valence-corrected chi connectivity index (χ1v) is 6.91. The van der Waals surface area contributed by atoms with Gasteiger partial charge in [-0.3, -0.25) is 4.79 Å². The molecule has 2 aromatic rings. The largest absolute Gasteiger partial charge is 0.368 e. The molecule has 7 nitrogen and oxygen atoms in total. The van der Waals surface area contributed by atoms with Crippen molar-refractivity contribution in [3.05, 3.63) is 29.8 Å². The Morgan fingerprint density at radius 3 is 2.90 bits per heavy atom. The molecule has 7 heteroatoms. The summed E-state index contributed by atoms with van der Waals surface area (Å²) in [7, 11) is 0. The van der Waals surface area contributed by atoms with Crippen LogP contribution in [0.15, 0.2) is 18.5 Å². The lowest BCUT2D eigenvalue weighted by Gasteiger charge is -2.10. The number of hydrogen-bond donors (Lipinski definition) is 1. The molecule has 0 spiro atoms. The third-order valence-corrected chi connectivity index (χ3v) is 3.35. The molecule has 3 heterocycles. The number of rotatable bonds is 3. The average molecular weight is 287 g/mol. The van der Waals surface area contributed by atoms with Crippen molar-refractivity contribution in [3.8, 4) is 5.82 Å². The molecule has 0 aromatic carbocycles. The van der Waals surface area contributed by atoms with E-state index in [-0.39, 0.29) is 12.0 Å². The third-order valence-electron chi connectivity index (χ3n) is 3.35. The molecule has 0 saturated carbocycles. The van der Waals surface area contributed by atoms with Gasteiger partial charge in [0.15, 0.2) is 5.82 Å². The van der Waals surface area contributed by atoms with Gasteiger partial charge >= 0.3 is 0 Å². The zero-order valence-electron chi connectivity index (χ0n) is 12.0. The Morgan fingerprint density at radius 1 is 1.38 bits per heavy atom. The molecule has 1 aliphatic heterocycles. The highest BCUT2D eigenvalue weighted by Crippen LogP contribution is 2.16. The summed E-state index contributed by atoms with van der Waals surface area (Å²) in [6.45, 7) is 4.51. The van der Waals surface area contributed by atoms with Gasteiger partial charge in [0.05, 0.1) is 5.69 Å². The molecular weight excluding hydrogens is 270 g/mol. The maximum Gasteiger partial charge on any atom is 0.254 e. The van der Waals surface area contributed by atoms with Gasteiger partial charge in [-0.05, 0) is 32.8 Å². The lowest BCUT2D eigenvalue weighted by Crippen LogP contribution is -2.27. The van der Waals surface area contributed by atoms with Crippen molar-refractivity contribution in [2.45, 2.75) is 32.8 Å². The van der Waals surface area contributed by atoms with Gasteiger partial charge in [0.25, 0.3) is 5.91 Å². The Hall–Kier alpha value is -2.28. The van der Waals surface area contributed by atoms with E-state index < -0.39 is 0 Å². The van der Waals surface area contributed by atoms with Gasteiger partial charge in [0, 0.05) is 18.4 Å². The first-order valence-electron chi connectivity index (χ1n) is 6.91. The van der Waals surface area contributed by atoms with Gasteiger partial charge in [-0.15, -0.1) is 0 Å². The van der Waals surface area contributed by atoms with E-state index in [9.17, 15) is 4.79 Å². The van der Waals surface area contributed by atoms with Crippen LogP contribution in [0.5, 0.6) is 0 Å². The maximum atomic E-state index is 12.0. The predicted molar refractivity (Wildman–Crippen MR) is 76.2 cm³/mol. The van der Waals surface area contributed by atoms with Crippen LogP contribution in [0.25, 0.3) is 5.82 Å². The van der Waals surface area contributed by atoms with Gasteiger partial charge in [-0.2, -0.15) is 5.10 Å². The van der Waals surface area contributed by atoms with Crippen molar-refractivity contribution in [2.24, 2.45) is 0 Å². The van der Waals surface area contributed by atoms with Gasteiger partial charge in [0.1, 0.15) is 18.2 Å². The fourth-order valence-corrected chi connectivity index (χ4v) is 2.38. The van der Waals surface area contributed by atoms with Crippen LogP contribution in [0.3, 0.4) is 0 Å². The van der Waals surface area contributed by atoms with E-state index >= 15 is 0 Å². The predicted octanol–water partition coefficient (Wildman–Crippen LogP) is 1.40. The molecule has 1 amide bonds. The summed E-state index contributed by atoms with van der Waals surface area (Å²) in [5.41, 5.74) is 1.89. The first kappa shape index (κ1) is 13.7. The number of carbonyl (C=O) groups excluding carboxylic acids is 1. The number of ether oxygens (including phenoxy) is 1. The van der Waals surface area contributed by atoms with Crippen LogP contribution >= 0.6 is 0 Å². The summed E-state index contributed by atoms with van der Waals surface area (Å²) in [4.78, 5) is 20.3. The topological polar surface area (TPSA) is 81.9 Å². The summed E-state index contributed by atoms with van der Waals surface area (Å²) in [5, 5.41) is 7.13. The Balaban J connectivity index is 1.80. The van der Waals surface area contributed by atoms with Gasteiger partial charge in [-0.25, -0.2) is 14.6 Å². The quantitative estimate of drug-likeness (QED) is 0.922. The molecule has 21 heavy (non-hydrogen) atoms. The lowest BCUT2D eigenvalue weighted by molar-refractivity contribution is -0.124. The van der Waals surface area contributed by atoms with Crippen LogP contribution in [0, 0.1) is 13.8 Å². The van der Waals surface area contributed by atoms with Crippen LogP contribution in [0.1, 0.15) is 24.2 Å². The Bertz CT molecular complexity index is 661. The van der Waals surface area contributed by atoms with E-state index in [2.05, 4.69) is 20.4 Å². The van der Waals surface area contributed by atoms with Gasteiger partial charge < -0.3 is 10.1 Å². The zero-order valence-corrected chi connectivity index (χ0v) is 12.0. The summed E-state index contributed by atoms with van der Waals surface area (Å²) >= 11 is 0. The second-order valence-corrected chi connectivity index (χ2v) is 5.09. The summed E-state index contributed by atoms with van der Waals surface area (Å²) in [5.74, 6) is 0.914. The number of anilines is 1. The first-order chi connectivity index (χ1) is 10.1. The molecule has 1 saturated heterocycles. The van der Waals surface area contributed by atoms with Crippen molar-refractivity contribution in [3.63, 3.8) is 0 Å². The number of hydrogen-bond acceptors (Lipinski definition) is 5. The van der Waals surface area contributed by atoms with Crippen molar-refractivity contribution in [1.29, 1.82) is 0 Å². The summed E-state index contributed by atoms with van der Waals surface area (Å²) in [6, 6.07) is 3.67. The summed E-state index contributed by atoms with van der Waals surface area (Å²) in [6.07, 6.45) is 2.70. The number of nitrogens with zero attached hydrogens (tertiary/aromatic N) is 4. The third kappa shape index (κ3) is 2.92. The Labute approximate surface area is 122 Å². The number of amides is 1. The van der Waals surface area contributed by atoms with E-state index in [1.54, 1.807) is 10.7 Å². The minimum Gasteiger partial charge on any atom is -0.368 e. The van der Waals surface area contributed by atoms with Crippen LogP contribution in [0.2, 0.25) is 0 Å². The fraction of sp³-hybridized carbons (Fsp3) is 0.429. The van der Waals surface area contributed by atoms with Crippen molar-refractivity contribution in [2.75, 3.05) is 11.9 Å². The minimum absolute atomic E-state index is 0.162. The van der Waals surface area contributed by atoms with E-state index in [0.29, 0.717) is 18.2 Å².